The molecule has 0 aliphatic rings. The summed E-state index contributed by atoms with van der Waals surface area (Å²) in [5.74, 6) is 1.35. The van der Waals surface area contributed by atoms with Gasteiger partial charge in [0, 0.05) is 6.54 Å². The van der Waals surface area contributed by atoms with E-state index in [4.69, 9.17) is 14.3 Å². The molecule has 2 N–H and O–H groups in total. The number of nitrogens with zero attached hydrogens (tertiary/aromatic N) is 1. The van der Waals surface area contributed by atoms with Crippen LogP contribution >= 0.6 is 0 Å². The predicted molar refractivity (Wildman–Crippen MR) is 125 cm³/mol. The first-order valence-corrected chi connectivity index (χ1v) is 11.2. The maximum atomic E-state index is 12.1. The minimum absolute atomic E-state index is 0.168. The lowest BCUT2D eigenvalue weighted by molar-refractivity contribution is -0.110. The first kappa shape index (κ1) is 26.2. The molecule has 8 heteroatoms. The van der Waals surface area contributed by atoms with Gasteiger partial charge in [0.2, 0.25) is 0 Å². The number of hydroxylamine groups is 2. The largest absolute Gasteiger partial charge is 0.497 e. The highest BCUT2D eigenvalue weighted by atomic mass is 16.7. The number of benzene rings is 2. The topological polar surface area (TPSA) is 97.3 Å². The fraction of sp³-hybridized carbons (Fsp3) is 0.440. The van der Waals surface area contributed by atoms with Gasteiger partial charge < -0.3 is 24.7 Å². The maximum Gasteiger partial charge on any atom is 0.407 e. The molecule has 2 aromatic carbocycles. The summed E-state index contributed by atoms with van der Waals surface area (Å²) in [5.41, 5.74) is 0.950. The molecule has 0 radical (unpaired) electrons. The summed E-state index contributed by atoms with van der Waals surface area (Å²) in [6.07, 6.45) is 2.17. The van der Waals surface area contributed by atoms with Gasteiger partial charge in [-0.15, -0.1) is 5.06 Å². The Morgan fingerprint density at radius 2 is 1.79 bits per heavy atom. The second kappa shape index (κ2) is 14.9. The van der Waals surface area contributed by atoms with Crippen LogP contribution in [0, 0.1) is 0 Å². The molecule has 0 fully saturated rings. The number of alkyl carbamates (subject to hydrolysis) is 1. The van der Waals surface area contributed by atoms with Gasteiger partial charge in [-0.05, 0) is 42.7 Å². The Labute approximate surface area is 195 Å². The number of hydrogen-bond donors (Lipinski definition) is 2. The highest BCUT2D eigenvalue weighted by molar-refractivity contribution is 5.69. The highest BCUT2D eigenvalue weighted by Crippen LogP contribution is 2.19. The molecule has 0 aromatic heterocycles. The molecule has 0 saturated carbocycles. The molecule has 0 aliphatic carbocycles. The quantitative estimate of drug-likeness (QED) is 0.240. The van der Waals surface area contributed by atoms with Crippen LogP contribution in [0.2, 0.25) is 0 Å². The lowest BCUT2D eigenvalue weighted by Gasteiger charge is -2.29. The van der Waals surface area contributed by atoms with Gasteiger partial charge in [-0.3, -0.25) is 4.79 Å². The molecule has 1 amide bonds. The zero-order valence-corrected chi connectivity index (χ0v) is 19.3. The van der Waals surface area contributed by atoms with E-state index in [0.29, 0.717) is 25.0 Å². The smallest absolute Gasteiger partial charge is 0.407 e. The zero-order valence-electron chi connectivity index (χ0n) is 19.3. The van der Waals surface area contributed by atoms with Crippen LogP contribution in [-0.2, 0) is 16.0 Å². The van der Waals surface area contributed by atoms with Crippen LogP contribution in [0.1, 0.15) is 31.7 Å². The number of unbranched alkanes of at least 4 members (excludes halogenated alkanes) is 2. The van der Waals surface area contributed by atoms with E-state index in [9.17, 15) is 14.7 Å². The molecule has 180 valence electrons. The zero-order chi connectivity index (χ0) is 23.9. The normalized spacial score (nSPS) is 12.6. The molecule has 8 nitrogen and oxygen atoms in total. The summed E-state index contributed by atoms with van der Waals surface area (Å²) in [6.45, 7) is 2.56. The summed E-state index contributed by atoms with van der Waals surface area (Å²) in [5, 5.41) is 15.4. The van der Waals surface area contributed by atoms with Crippen LogP contribution in [-0.4, -0.2) is 61.5 Å². The van der Waals surface area contributed by atoms with E-state index in [-0.39, 0.29) is 13.2 Å². The lowest BCUT2D eigenvalue weighted by atomic mass is 10.0. The van der Waals surface area contributed by atoms with E-state index in [1.54, 1.807) is 36.4 Å². The standard InChI is InChI=1S/C25H34N2O6/c1-3-4-8-15-27(33-22-13-11-21(31-2)12-14-22)19-24(29)23(26-25(30)32-17-16-28)18-20-9-6-5-7-10-20/h5-7,9-14,16,23-24,29H,3-4,8,15,17-19H2,1-2H3,(H,26,30). The number of ether oxygens (including phenoxy) is 2. The number of rotatable bonds is 15. The Morgan fingerprint density at radius 1 is 1.09 bits per heavy atom. The van der Waals surface area contributed by atoms with E-state index in [0.717, 1.165) is 30.6 Å². The van der Waals surface area contributed by atoms with Gasteiger partial charge in [0.25, 0.3) is 0 Å². The van der Waals surface area contributed by atoms with Gasteiger partial charge in [-0.25, -0.2) is 4.79 Å². The number of aliphatic hydroxyl groups excluding tert-OH is 1. The minimum atomic E-state index is -0.950. The van der Waals surface area contributed by atoms with Crippen LogP contribution in [0.5, 0.6) is 11.5 Å². The molecule has 2 rings (SSSR count). The molecular formula is C25H34N2O6. The third-order valence-corrected chi connectivity index (χ3v) is 5.04. The Balaban J connectivity index is 2.11. The van der Waals surface area contributed by atoms with E-state index in [1.807, 2.05) is 30.3 Å². The molecule has 0 heterocycles. The van der Waals surface area contributed by atoms with Gasteiger partial charge in [0.05, 0.1) is 25.8 Å². The van der Waals surface area contributed by atoms with Crippen molar-refractivity contribution in [1.29, 1.82) is 0 Å². The summed E-state index contributed by atoms with van der Waals surface area (Å²) in [4.78, 5) is 28.6. The number of nitrogens with one attached hydrogen (secondary N) is 1. The van der Waals surface area contributed by atoms with Gasteiger partial charge >= 0.3 is 6.09 Å². The summed E-state index contributed by atoms with van der Waals surface area (Å²) in [7, 11) is 1.60. The first-order valence-electron chi connectivity index (χ1n) is 11.2. The molecule has 0 bridgehead atoms. The number of hydrogen-bond acceptors (Lipinski definition) is 7. The Morgan fingerprint density at radius 3 is 2.42 bits per heavy atom. The summed E-state index contributed by atoms with van der Waals surface area (Å²) >= 11 is 0. The van der Waals surface area contributed by atoms with Crippen LogP contribution in [0.25, 0.3) is 0 Å². The number of aliphatic hydroxyl groups is 1. The van der Waals surface area contributed by atoms with E-state index < -0.39 is 18.2 Å². The first-order chi connectivity index (χ1) is 16.0. The van der Waals surface area contributed by atoms with Crippen molar-refractivity contribution >= 4 is 12.4 Å². The van der Waals surface area contributed by atoms with Crippen LogP contribution in [0.3, 0.4) is 0 Å². The SMILES string of the molecule is CCCCCN(CC(O)C(Cc1ccccc1)NC(=O)OCC=O)Oc1ccc(OC)cc1. The molecule has 0 aliphatic heterocycles. The Hall–Kier alpha value is -3.10. The van der Waals surface area contributed by atoms with Crippen molar-refractivity contribution in [3.8, 4) is 11.5 Å². The van der Waals surface area contributed by atoms with Crippen molar-refractivity contribution in [3.63, 3.8) is 0 Å². The monoisotopic (exact) mass is 458 g/mol. The van der Waals surface area contributed by atoms with Crippen molar-refractivity contribution in [2.45, 2.75) is 44.8 Å². The average Bonchev–Trinajstić information content (AvgIpc) is 2.83. The molecule has 0 spiro atoms. The maximum absolute atomic E-state index is 12.1. The third kappa shape index (κ3) is 9.93. The summed E-state index contributed by atoms with van der Waals surface area (Å²) in [6, 6.07) is 16.1. The van der Waals surface area contributed by atoms with Crippen molar-refractivity contribution < 1.29 is 29.0 Å². The highest BCUT2D eigenvalue weighted by Gasteiger charge is 2.25. The number of methoxy groups -OCH3 is 1. The number of carbonyl (C=O) groups is 2. The second-order valence-corrected chi connectivity index (χ2v) is 7.63. The van der Waals surface area contributed by atoms with Crippen LogP contribution in [0.4, 0.5) is 4.79 Å². The van der Waals surface area contributed by atoms with Gasteiger partial charge in [-0.1, -0.05) is 50.1 Å². The molecule has 2 atom stereocenters. The van der Waals surface area contributed by atoms with Gasteiger partial charge in [-0.2, -0.15) is 0 Å². The van der Waals surface area contributed by atoms with E-state index >= 15 is 0 Å². The molecule has 2 aromatic rings. The number of carbonyl (C=O) groups excluding carboxylic acids is 2. The predicted octanol–water partition coefficient (Wildman–Crippen LogP) is 3.38. The third-order valence-electron chi connectivity index (χ3n) is 5.04. The van der Waals surface area contributed by atoms with Crippen molar-refractivity contribution in [2.24, 2.45) is 0 Å². The number of amides is 1. The fourth-order valence-electron chi connectivity index (χ4n) is 3.29. The van der Waals surface area contributed by atoms with Gasteiger partial charge in [0.1, 0.15) is 18.1 Å². The minimum Gasteiger partial charge on any atom is -0.497 e. The Bertz CT molecular complexity index is 815. The molecular weight excluding hydrogens is 424 g/mol. The average molecular weight is 459 g/mol. The van der Waals surface area contributed by atoms with Crippen LogP contribution < -0.4 is 14.9 Å². The second-order valence-electron chi connectivity index (χ2n) is 7.63. The molecule has 0 saturated heterocycles. The fourth-order valence-corrected chi connectivity index (χ4v) is 3.29. The van der Waals surface area contributed by atoms with Crippen molar-refractivity contribution in [3.05, 3.63) is 60.2 Å². The van der Waals surface area contributed by atoms with Crippen molar-refractivity contribution in [2.75, 3.05) is 26.8 Å². The lowest BCUT2D eigenvalue weighted by Crippen LogP contribution is -2.50. The van der Waals surface area contributed by atoms with Crippen molar-refractivity contribution in [1.82, 2.24) is 10.4 Å². The molecule has 2 unspecified atom stereocenters. The molecule has 33 heavy (non-hydrogen) atoms. The van der Waals surface area contributed by atoms with Crippen LogP contribution in [0.15, 0.2) is 54.6 Å². The number of aldehydes is 1. The Kier molecular flexibility index (Phi) is 11.8. The van der Waals surface area contributed by atoms with E-state index in [1.165, 1.54) is 0 Å². The summed E-state index contributed by atoms with van der Waals surface area (Å²) < 4.78 is 10.0. The van der Waals surface area contributed by atoms with Gasteiger partial charge in [0.15, 0.2) is 6.29 Å². The van der Waals surface area contributed by atoms with E-state index in [2.05, 4.69) is 12.2 Å².